The lowest BCUT2D eigenvalue weighted by molar-refractivity contribution is -0.385. The van der Waals surface area contributed by atoms with Crippen LogP contribution >= 0.6 is 0 Å². The maximum absolute atomic E-state index is 11.7. The lowest BCUT2D eigenvalue weighted by Gasteiger charge is -2.13. The summed E-state index contributed by atoms with van der Waals surface area (Å²) in [5, 5.41) is 20.2. The highest BCUT2D eigenvalue weighted by Crippen LogP contribution is 2.35. The van der Waals surface area contributed by atoms with E-state index in [1.165, 1.54) is 13.0 Å². The van der Waals surface area contributed by atoms with Crippen LogP contribution in [0.3, 0.4) is 0 Å². The molecule has 0 saturated carbocycles. The summed E-state index contributed by atoms with van der Waals surface area (Å²) < 4.78 is 0. The Labute approximate surface area is 95.3 Å². The molecule has 86 valence electrons. The van der Waals surface area contributed by atoms with Gasteiger partial charge in [-0.3, -0.25) is 19.7 Å². The summed E-state index contributed by atoms with van der Waals surface area (Å²) in [6.07, 6.45) is 1.06. The van der Waals surface area contributed by atoms with Crippen molar-refractivity contribution >= 4 is 17.3 Å². The Morgan fingerprint density at radius 2 is 1.94 bits per heavy atom. The number of Topliss-reactive ketones (excluding diaryl/α,β-unsaturated/α-hetero) is 1. The van der Waals surface area contributed by atoms with E-state index >= 15 is 0 Å². The van der Waals surface area contributed by atoms with E-state index in [2.05, 4.69) is 0 Å². The van der Waals surface area contributed by atoms with Crippen LogP contribution in [0.5, 0.6) is 5.75 Å². The first-order valence-corrected chi connectivity index (χ1v) is 4.71. The topological polar surface area (TPSA) is 97.5 Å². The van der Waals surface area contributed by atoms with Crippen LogP contribution in [0.1, 0.15) is 27.6 Å². The first kappa shape index (κ1) is 11.0. The van der Waals surface area contributed by atoms with Gasteiger partial charge >= 0.3 is 5.69 Å². The van der Waals surface area contributed by atoms with Crippen molar-refractivity contribution in [1.29, 1.82) is 0 Å². The molecule has 0 heterocycles. The number of hydrogen-bond donors (Lipinski definition) is 1. The van der Waals surface area contributed by atoms with Crippen molar-refractivity contribution in [3.63, 3.8) is 0 Å². The van der Waals surface area contributed by atoms with Crippen LogP contribution in [0.25, 0.3) is 0 Å². The molecule has 6 heteroatoms. The van der Waals surface area contributed by atoms with Crippen LogP contribution in [0.2, 0.25) is 0 Å². The highest BCUT2D eigenvalue weighted by atomic mass is 16.6. The number of rotatable bonds is 1. The average molecular weight is 233 g/mol. The van der Waals surface area contributed by atoms with Crippen LogP contribution in [-0.2, 0) is 0 Å². The van der Waals surface area contributed by atoms with Crippen LogP contribution in [-0.4, -0.2) is 21.6 Å². The first-order chi connectivity index (χ1) is 7.93. The molecule has 1 N–H and O–H groups in total. The van der Waals surface area contributed by atoms with E-state index < -0.39 is 27.9 Å². The lowest BCUT2D eigenvalue weighted by Crippen LogP contribution is -2.16. The fourth-order valence-electron chi connectivity index (χ4n) is 1.71. The minimum atomic E-state index is -0.807. The van der Waals surface area contributed by atoms with Gasteiger partial charge in [0.25, 0.3) is 0 Å². The number of hydrogen-bond acceptors (Lipinski definition) is 5. The SMILES string of the molecule is CC1=CC(=O)c2c(ccc([N+](=O)[O-])c2O)C1=O. The number of fused-ring (bicyclic) bond motifs is 1. The van der Waals surface area contributed by atoms with Gasteiger partial charge in [-0.25, -0.2) is 0 Å². The van der Waals surface area contributed by atoms with Crippen molar-refractivity contribution in [3.8, 4) is 5.75 Å². The summed E-state index contributed by atoms with van der Waals surface area (Å²) in [6, 6.07) is 2.20. The molecule has 0 bridgehead atoms. The standard InChI is InChI=1S/C11H7NO5/c1-5-4-8(13)9-6(10(5)14)2-3-7(11(9)15)12(16)17/h2-4,15H,1H3. The van der Waals surface area contributed by atoms with Gasteiger partial charge in [0.15, 0.2) is 11.6 Å². The number of benzene rings is 1. The second kappa shape index (κ2) is 3.51. The van der Waals surface area contributed by atoms with Gasteiger partial charge in [0.1, 0.15) is 0 Å². The third kappa shape index (κ3) is 1.50. The molecule has 17 heavy (non-hydrogen) atoms. The molecule has 2 rings (SSSR count). The van der Waals surface area contributed by atoms with Crippen molar-refractivity contribution in [2.45, 2.75) is 6.92 Å². The van der Waals surface area contributed by atoms with Gasteiger partial charge in [-0.2, -0.15) is 0 Å². The van der Waals surface area contributed by atoms with E-state index in [4.69, 9.17) is 0 Å². The third-order valence-electron chi connectivity index (χ3n) is 2.55. The van der Waals surface area contributed by atoms with E-state index in [0.717, 1.165) is 12.1 Å². The summed E-state index contributed by atoms with van der Waals surface area (Å²) in [5.41, 5.74) is -0.637. The predicted octanol–water partition coefficient (Wildman–Crippen LogP) is 1.63. The minimum absolute atomic E-state index is 0.00176. The molecule has 1 aromatic carbocycles. The quantitative estimate of drug-likeness (QED) is 0.587. The molecular weight excluding hydrogens is 226 g/mol. The number of nitro benzene ring substituents is 1. The van der Waals surface area contributed by atoms with E-state index in [9.17, 15) is 24.8 Å². The van der Waals surface area contributed by atoms with Crippen molar-refractivity contribution < 1.29 is 19.6 Å². The number of phenols is 1. The summed E-state index contributed by atoms with van der Waals surface area (Å²) in [6.45, 7) is 1.47. The molecule has 1 aliphatic rings. The molecular formula is C11H7NO5. The number of ketones is 2. The van der Waals surface area contributed by atoms with E-state index in [1.807, 2.05) is 0 Å². The molecule has 6 nitrogen and oxygen atoms in total. The normalized spacial score (nSPS) is 14.3. The molecule has 0 radical (unpaired) electrons. The summed E-state index contributed by atoms with van der Waals surface area (Å²) in [4.78, 5) is 33.1. The van der Waals surface area contributed by atoms with Gasteiger partial charge in [-0.1, -0.05) is 0 Å². The number of nitrogens with zero attached hydrogens (tertiary/aromatic N) is 1. The number of carbonyl (C=O) groups is 2. The van der Waals surface area contributed by atoms with Gasteiger partial charge in [0, 0.05) is 17.2 Å². The van der Waals surface area contributed by atoms with Crippen molar-refractivity contribution in [2.24, 2.45) is 0 Å². The van der Waals surface area contributed by atoms with E-state index in [-0.39, 0.29) is 16.7 Å². The van der Waals surface area contributed by atoms with Gasteiger partial charge in [-0.05, 0) is 19.1 Å². The van der Waals surface area contributed by atoms with E-state index in [0.29, 0.717) is 0 Å². The highest BCUT2D eigenvalue weighted by Gasteiger charge is 2.30. The Morgan fingerprint density at radius 1 is 1.29 bits per heavy atom. The second-order valence-electron chi connectivity index (χ2n) is 3.63. The predicted molar refractivity (Wildman–Crippen MR) is 57.2 cm³/mol. The molecule has 0 amide bonds. The Kier molecular flexibility index (Phi) is 2.27. The maximum atomic E-state index is 11.7. The third-order valence-corrected chi connectivity index (χ3v) is 2.55. The molecule has 0 unspecified atom stereocenters. The number of carbonyl (C=O) groups excluding carboxylic acids is 2. The minimum Gasteiger partial charge on any atom is -0.502 e. The zero-order chi connectivity index (χ0) is 12.7. The lowest BCUT2D eigenvalue weighted by atomic mass is 9.89. The van der Waals surface area contributed by atoms with Crippen molar-refractivity contribution in [1.82, 2.24) is 0 Å². The molecule has 1 aromatic rings. The maximum Gasteiger partial charge on any atom is 0.311 e. The molecule has 1 aliphatic carbocycles. The smallest absolute Gasteiger partial charge is 0.311 e. The number of phenolic OH excluding ortho intramolecular Hbond substituents is 1. The summed E-state index contributed by atoms with van der Waals surface area (Å²) in [7, 11) is 0. The molecule has 0 fully saturated rings. The number of nitro groups is 1. The zero-order valence-electron chi connectivity index (χ0n) is 8.76. The molecule has 0 aromatic heterocycles. The van der Waals surface area contributed by atoms with Crippen LogP contribution in [0, 0.1) is 10.1 Å². The zero-order valence-corrected chi connectivity index (χ0v) is 8.76. The van der Waals surface area contributed by atoms with Crippen molar-refractivity contribution in [2.75, 3.05) is 0 Å². The summed E-state index contributed by atoms with van der Waals surface area (Å²) >= 11 is 0. The Morgan fingerprint density at radius 3 is 2.53 bits per heavy atom. The fraction of sp³-hybridized carbons (Fsp3) is 0.0909. The van der Waals surface area contributed by atoms with Crippen LogP contribution in [0.4, 0.5) is 5.69 Å². The second-order valence-corrected chi connectivity index (χ2v) is 3.63. The van der Waals surface area contributed by atoms with Crippen molar-refractivity contribution in [3.05, 3.63) is 45.0 Å². The Hall–Kier alpha value is -2.50. The molecule has 0 atom stereocenters. The monoisotopic (exact) mass is 233 g/mol. The van der Waals surface area contributed by atoms with Crippen LogP contribution in [0.15, 0.2) is 23.8 Å². The summed E-state index contributed by atoms with van der Waals surface area (Å²) in [5.74, 6) is -1.77. The van der Waals surface area contributed by atoms with E-state index in [1.54, 1.807) is 0 Å². The number of allylic oxidation sites excluding steroid dienone is 2. The van der Waals surface area contributed by atoms with Gasteiger partial charge in [0.2, 0.25) is 5.75 Å². The molecule has 0 spiro atoms. The number of aromatic hydroxyl groups is 1. The fourth-order valence-corrected chi connectivity index (χ4v) is 1.71. The van der Waals surface area contributed by atoms with Gasteiger partial charge < -0.3 is 5.11 Å². The Bertz CT molecular complexity index is 600. The highest BCUT2D eigenvalue weighted by molar-refractivity contribution is 6.25. The largest absolute Gasteiger partial charge is 0.502 e. The first-order valence-electron chi connectivity index (χ1n) is 4.71. The molecule has 0 saturated heterocycles. The Balaban J connectivity index is 2.76. The molecule has 0 aliphatic heterocycles. The van der Waals surface area contributed by atoms with Gasteiger partial charge in [-0.15, -0.1) is 0 Å². The van der Waals surface area contributed by atoms with Gasteiger partial charge in [0.05, 0.1) is 10.5 Å². The van der Waals surface area contributed by atoms with Crippen LogP contribution < -0.4 is 0 Å². The average Bonchev–Trinajstić information content (AvgIpc) is 2.25.